The zero-order chi connectivity index (χ0) is 15.6. The Morgan fingerprint density at radius 1 is 1.24 bits per heavy atom. The molecular weight excluding hydrogens is 264 g/mol. The Hall–Kier alpha value is -1.06. The van der Waals surface area contributed by atoms with Gasteiger partial charge in [-0.15, -0.1) is 0 Å². The summed E-state index contributed by atoms with van der Waals surface area (Å²) < 4.78 is 0. The van der Waals surface area contributed by atoms with Gasteiger partial charge in [0.15, 0.2) is 0 Å². The molecule has 2 rings (SSSR count). The van der Waals surface area contributed by atoms with Gasteiger partial charge in [-0.3, -0.25) is 9.59 Å². The number of carbonyl (C=O) groups excluding carboxylic acids is 2. The maximum absolute atomic E-state index is 12.8. The number of rotatable bonds is 6. The van der Waals surface area contributed by atoms with Crippen LogP contribution in [0.4, 0.5) is 0 Å². The van der Waals surface area contributed by atoms with Gasteiger partial charge in [-0.05, 0) is 37.0 Å². The Bertz CT molecular complexity index is 390. The van der Waals surface area contributed by atoms with Crippen LogP contribution in [0.1, 0.15) is 59.8 Å². The van der Waals surface area contributed by atoms with E-state index in [0.29, 0.717) is 11.8 Å². The molecule has 2 aliphatic rings. The standard InChI is InChI=1S/C17H30N2O2/c1-5-12(4)15-16(20)18-14(9-11(2)3)17(21)19(15)10-13-7-6-8-13/h11-15H,5-10H2,1-4H3,(H,18,20). The minimum Gasteiger partial charge on any atom is -0.342 e. The van der Waals surface area contributed by atoms with Crippen molar-refractivity contribution in [3.63, 3.8) is 0 Å². The van der Waals surface area contributed by atoms with Crippen LogP contribution in [0.25, 0.3) is 0 Å². The highest BCUT2D eigenvalue weighted by atomic mass is 16.2. The number of hydrogen-bond acceptors (Lipinski definition) is 2. The molecule has 0 spiro atoms. The van der Waals surface area contributed by atoms with E-state index in [0.717, 1.165) is 19.4 Å². The van der Waals surface area contributed by atoms with Gasteiger partial charge < -0.3 is 10.2 Å². The second-order valence-corrected chi connectivity index (χ2v) is 7.31. The maximum Gasteiger partial charge on any atom is 0.245 e. The quantitative estimate of drug-likeness (QED) is 0.818. The molecule has 3 unspecified atom stereocenters. The summed E-state index contributed by atoms with van der Waals surface area (Å²) in [6, 6.07) is -0.593. The molecule has 1 saturated carbocycles. The molecule has 4 nitrogen and oxygen atoms in total. The zero-order valence-electron chi connectivity index (χ0n) is 13.9. The monoisotopic (exact) mass is 294 g/mol. The molecule has 0 aromatic heterocycles. The predicted molar refractivity (Wildman–Crippen MR) is 83.7 cm³/mol. The molecule has 2 amide bonds. The van der Waals surface area contributed by atoms with Gasteiger partial charge in [0.25, 0.3) is 0 Å². The normalized spacial score (nSPS) is 28.5. The average Bonchev–Trinajstić information content (AvgIpc) is 2.37. The lowest BCUT2D eigenvalue weighted by Crippen LogP contribution is -2.66. The third kappa shape index (κ3) is 3.58. The van der Waals surface area contributed by atoms with Crippen molar-refractivity contribution in [1.29, 1.82) is 0 Å². The minimum atomic E-state index is -0.321. The fourth-order valence-electron chi connectivity index (χ4n) is 3.37. The molecular formula is C17H30N2O2. The van der Waals surface area contributed by atoms with Crippen molar-refractivity contribution in [2.45, 2.75) is 71.9 Å². The minimum absolute atomic E-state index is 0.0499. The van der Waals surface area contributed by atoms with Crippen molar-refractivity contribution >= 4 is 11.8 Å². The van der Waals surface area contributed by atoms with Crippen molar-refractivity contribution in [2.75, 3.05) is 6.54 Å². The van der Waals surface area contributed by atoms with Crippen LogP contribution in [0.2, 0.25) is 0 Å². The molecule has 0 bridgehead atoms. The maximum atomic E-state index is 12.8. The van der Waals surface area contributed by atoms with Crippen molar-refractivity contribution in [3.8, 4) is 0 Å². The molecule has 3 atom stereocenters. The first-order valence-electron chi connectivity index (χ1n) is 8.54. The van der Waals surface area contributed by atoms with Gasteiger partial charge in [-0.2, -0.15) is 0 Å². The number of nitrogens with one attached hydrogen (secondary N) is 1. The van der Waals surface area contributed by atoms with E-state index in [1.54, 1.807) is 0 Å². The Kier molecular flexibility index (Phi) is 5.28. The van der Waals surface area contributed by atoms with E-state index in [1.165, 1.54) is 19.3 Å². The lowest BCUT2D eigenvalue weighted by atomic mass is 9.83. The van der Waals surface area contributed by atoms with Gasteiger partial charge in [0.1, 0.15) is 12.1 Å². The first-order valence-corrected chi connectivity index (χ1v) is 8.54. The molecule has 4 heteroatoms. The van der Waals surface area contributed by atoms with Crippen LogP contribution in [0.3, 0.4) is 0 Å². The van der Waals surface area contributed by atoms with Gasteiger partial charge in [0.05, 0.1) is 0 Å². The van der Waals surface area contributed by atoms with Gasteiger partial charge in [-0.1, -0.05) is 40.5 Å². The average molecular weight is 294 g/mol. The largest absolute Gasteiger partial charge is 0.342 e. The van der Waals surface area contributed by atoms with E-state index in [1.807, 2.05) is 4.90 Å². The van der Waals surface area contributed by atoms with E-state index < -0.39 is 0 Å². The summed E-state index contributed by atoms with van der Waals surface area (Å²) >= 11 is 0. The number of nitrogens with zero attached hydrogens (tertiary/aromatic N) is 1. The van der Waals surface area contributed by atoms with Crippen molar-refractivity contribution in [1.82, 2.24) is 10.2 Å². The first-order chi connectivity index (χ1) is 9.93. The zero-order valence-corrected chi connectivity index (χ0v) is 13.9. The Labute approximate surface area is 128 Å². The van der Waals surface area contributed by atoms with Crippen molar-refractivity contribution in [2.24, 2.45) is 17.8 Å². The fraction of sp³-hybridized carbons (Fsp3) is 0.882. The number of amides is 2. The van der Waals surface area contributed by atoms with Crippen LogP contribution < -0.4 is 5.32 Å². The smallest absolute Gasteiger partial charge is 0.245 e. The molecule has 1 heterocycles. The Balaban J connectivity index is 2.16. The molecule has 2 fully saturated rings. The number of piperazine rings is 1. The van der Waals surface area contributed by atoms with Crippen LogP contribution in [0, 0.1) is 17.8 Å². The third-order valence-corrected chi connectivity index (χ3v) is 5.07. The molecule has 0 aromatic rings. The van der Waals surface area contributed by atoms with Crippen molar-refractivity contribution < 1.29 is 9.59 Å². The highest BCUT2D eigenvalue weighted by Crippen LogP contribution is 2.31. The van der Waals surface area contributed by atoms with Gasteiger partial charge >= 0.3 is 0 Å². The SMILES string of the molecule is CCC(C)C1C(=O)NC(CC(C)C)C(=O)N1CC1CCC1. The van der Waals surface area contributed by atoms with E-state index >= 15 is 0 Å². The van der Waals surface area contributed by atoms with E-state index in [9.17, 15) is 9.59 Å². The molecule has 21 heavy (non-hydrogen) atoms. The van der Waals surface area contributed by atoms with Crippen LogP contribution in [0.5, 0.6) is 0 Å². The molecule has 1 N–H and O–H groups in total. The highest BCUT2D eigenvalue weighted by molar-refractivity contribution is 5.97. The van der Waals surface area contributed by atoms with E-state index in [-0.39, 0.29) is 29.8 Å². The summed E-state index contributed by atoms with van der Waals surface area (Å²) in [5.41, 5.74) is 0. The summed E-state index contributed by atoms with van der Waals surface area (Å²) in [6.45, 7) is 9.13. The van der Waals surface area contributed by atoms with Gasteiger partial charge in [-0.25, -0.2) is 0 Å². The topological polar surface area (TPSA) is 49.4 Å². The Morgan fingerprint density at radius 3 is 2.38 bits per heavy atom. The Morgan fingerprint density at radius 2 is 1.90 bits per heavy atom. The highest BCUT2D eigenvalue weighted by Gasteiger charge is 2.43. The molecule has 1 aliphatic heterocycles. The molecule has 120 valence electrons. The summed E-state index contributed by atoms with van der Waals surface area (Å²) in [6.07, 6.45) is 5.32. The van der Waals surface area contributed by atoms with Crippen LogP contribution in [-0.2, 0) is 9.59 Å². The summed E-state index contributed by atoms with van der Waals surface area (Å²) in [5, 5.41) is 2.97. The first kappa shape index (κ1) is 16.3. The second kappa shape index (κ2) is 6.80. The lowest BCUT2D eigenvalue weighted by molar-refractivity contribution is -0.153. The summed E-state index contributed by atoms with van der Waals surface area (Å²) in [4.78, 5) is 27.3. The van der Waals surface area contributed by atoms with E-state index in [4.69, 9.17) is 0 Å². The summed E-state index contributed by atoms with van der Waals surface area (Å²) in [7, 11) is 0. The predicted octanol–water partition coefficient (Wildman–Crippen LogP) is 2.57. The number of carbonyl (C=O) groups is 2. The molecule has 1 saturated heterocycles. The third-order valence-electron chi connectivity index (χ3n) is 5.07. The second-order valence-electron chi connectivity index (χ2n) is 7.31. The fourth-order valence-corrected chi connectivity index (χ4v) is 3.37. The molecule has 0 aromatic carbocycles. The lowest BCUT2D eigenvalue weighted by Gasteiger charge is -2.44. The number of hydrogen-bond donors (Lipinski definition) is 1. The molecule has 1 aliphatic carbocycles. The van der Waals surface area contributed by atoms with Gasteiger partial charge in [0.2, 0.25) is 11.8 Å². The molecule has 0 radical (unpaired) electrons. The van der Waals surface area contributed by atoms with Crippen LogP contribution in [-0.4, -0.2) is 35.3 Å². The summed E-state index contributed by atoms with van der Waals surface area (Å²) in [5.74, 6) is 1.42. The van der Waals surface area contributed by atoms with Crippen LogP contribution >= 0.6 is 0 Å². The van der Waals surface area contributed by atoms with Crippen molar-refractivity contribution in [3.05, 3.63) is 0 Å². The van der Waals surface area contributed by atoms with Crippen LogP contribution in [0.15, 0.2) is 0 Å². The van der Waals surface area contributed by atoms with Gasteiger partial charge in [0, 0.05) is 6.54 Å². The van der Waals surface area contributed by atoms with E-state index in [2.05, 4.69) is 33.0 Å².